The smallest absolute Gasteiger partial charge is 0.256 e. The third kappa shape index (κ3) is 2.94. The number of hydrogen-bond acceptors (Lipinski definition) is 3. The van der Waals surface area contributed by atoms with Crippen LogP contribution in [-0.4, -0.2) is 53.3 Å². The lowest BCUT2D eigenvalue weighted by Crippen LogP contribution is -2.45. The van der Waals surface area contributed by atoms with Crippen LogP contribution in [0.4, 0.5) is 0 Å². The van der Waals surface area contributed by atoms with Gasteiger partial charge in [-0.15, -0.1) is 0 Å². The first kappa shape index (κ1) is 14.0. The molecule has 1 unspecified atom stereocenters. The topological polar surface area (TPSA) is 53.5 Å². The van der Waals surface area contributed by atoms with Crippen molar-refractivity contribution in [3.8, 4) is 0 Å². The normalized spacial score (nSPS) is 18.5. The van der Waals surface area contributed by atoms with Crippen molar-refractivity contribution < 1.29 is 9.59 Å². The van der Waals surface area contributed by atoms with Crippen LogP contribution in [0.3, 0.4) is 0 Å². The highest BCUT2D eigenvalue weighted by atomic mass is 79.9. The number of halogens is 1. The molecule has 19 heavy (non-hydrogen) atoms. The SMILES string of the molecule is CN(C)C(=O)C1CCCN1C(=O)c1ccc(Br)nc1. The molecule has 1 aromatic rings. The average molecular weight is 326 g/mol. The van der Waals surface area contributed by atoms with E-state index in [0.717, 1.165) is 12.8 Å². The number of hydrogen-bond donors (Lipinski definition) is 0. The van der Waals surface area contributed by atoms with Gasteiger partial charge in [0.1, 0.15) is 10.6 Å². The van der Waals surface area contributed by atoms with Crippen LogP contribution in [0.2, 0.25) is 0 Å². The monoisotopic (exact) mass is 325 g/mol. The molecule has 1 aromatic heterocycles. The number of rotatable bonds is 2. The fraction of sp³-hybridized carbons (Fsp3) is 0.462. The van der Waals surface area contributed by atoms with Crippen molar-refractivity contribution in [2.24, 2.45) is 0 Å². The van der Waals surface area contributed by atoms with Crippen LogP contribution in [0.1, 0.15) is 23.2 Å². The van der Waals surface area contributed by atoms with Crippen LogP contribution in [0.5, 0.6) is 0 Å². The highest BCUT2D eigenvalue weighted by molar-refractivity contribution is 9.10. The third-order valence-electron chi connectivity index (χ3n) is 3.21. The second-order valence-corrected chi connectivity index (χ2v) is 5.57. The zero-order chi connectivity index (χ0) is 14.0. The quantitative estimate of drug-likeness (QED) is 0.775. The Balaban J connectivity index is 2.18. The van der Waals surface area contributed by atoms with Gasteiger partial charge in [0.05, 0.1) is 5.56 Å². The van der Waals surface area contributed by atoms with Crippen molar-refractivity contribution >= 4 is 27.7 Å². The Morgan fingerprint density at radius 3 is 2.74 bits per heavy atom. The summed E-state index contributed by atoms with van der Waals surface area (Å²) in [5.41, 5.74) is 0.515. The molecule has 1 aliphatic heterocycles. The number of carbonyl (C=O) groups is 2. The Hall–Kier alpha value is -1.43. The molecule has 0 aromatic carbocycles. The predicted octanol–water partition coefficient (Wildman–Crippen LogP) is 1.54. The van der Waals surface area contributed by atoms with Crippen molar-refractivity contribution in [3.05, 3.63) is 28.5 Å². The van der Waals surface area contributed by atoms with E-state index in [4.69, 9.17) is 0 Å². The highest BCUT2D eigenvalue weighted by Crippen LogP contribution is 2.21. The van der Waals surface area contributed by atoms with E-state index in [-0.39, 0.29) is 17.9 Å². The van der Waals surface area contributed by atoms with Gasteiger partial charge in [-0.25, -0.2) is 4.98 Å². The Bertz CT molecular complexity index is 487. The second-order valence-electron chi connectivity index (χ2n) is 4.76. The van der Waals surface area contributed by atoms with Crippen LogP contribution in [0, 0.1) is 0 Å². The van der Waals surface area contributed by atoms with Gasteiger partial charge in [-0.2, -0.15) is 0 Å². The summed E-state index contributed by atoms with van der Waals surface area (Å²) >= 11 is 3.24. The summed E-state index contributed by atoms with van der Waals surface area (Å²) < 4.78 is 0.686. The molecule has 2 amide bonds. The molecule has 0 spiro atoms. The lowest BCUT2D eigenvalue weighted by Gasteiger charge is -2.26. The predicted molar refractivity (Wildman–Crippen MR) is 74.7 cm³/mol. The Morgan fingerprint density at radius 2 is 2.16 bits per heavy atom. The summed E-state index contributed by atoms with van der Waals surface area (Å²) in [6.45, 7) is 0.624. The molecule has 0 bridgehead atoms. The minimum Gasteiger partial charge on any atom is -0.347 e. The molecule has 1 saturated heterocycles. The van der Waals surface area contributed by atoms with Gasteiger partial charge < -0.3 is 9.80 Å². The van der Waals surface area contributed by atoms with Crippen LogP contribution in [0.15, 0.2) is 22.9 Å². The van der Waals surface area contributed by atoms with E-state index < -0.39 is 0 Å². The molecule has 1 atom stereocenters. The zero-order valence-corrected chi connectivity index (χ0v) is 12.6. The Morgan fingerprint density at radius 1 is 1.42 bits per heavy atom. The summed E-state index contributed by atoms with van der Waals surface area (Å²) in [5.74, 6) is -0.145. The van der Waals surface area contributed by atoms with Gasteiger partial charge in [-0.05, 0) is 40.9 Å². The van der Waals surface area contributed by atoms with Crippen molar-refractivity contribution in [3.63, 3.8) is 0 Å². The van der Waals surface area contributed by atoms with Gasteiger partial charge in [0.2, 0.25) is 5.91 Å². The van der Waals surface area contributed by atoms with Gasteiger partial charge in [0.25, 0.3) is 5.91 Å². The third-order valence-corrected chi connectivity index (χ3v) is 3.68. The molecule has 1 aliphatic rings. The maximum absolute atomic E-state index is 12.4. The minimum atomic E-state index is -0.342. The fourth-order valence-electron chi connectivity index (χ4n) is 2.23. The Labute approximate surface area is 120 Å². The fourth-order valence-corrected chi connectivity index (χ4v) is 2.47. The molecule has 102 valence electrons. The number of likely N-dealkylation sites (tertiary alicyclic amines) is 1. The molecular weight excluding hydrogens is 310 g/mol. The van der Waals surface area contributed by atoms with E-state index in [1.165, 1.54) is 11.1 Å². The summed E-state index contributed by atoms with van der Waals surface area (Å²) in [6, 6.07) is 3.10. The first-order valence-electron chi connectivity index (χ1n) is 6.14. The summed E-state index contributed by atoms with van der Waals surface area (Å²) in [6.07, 6.45) is 3.12. The number of nitrogens with zero attached hydrogens (tertiary/aromatic N) is 3. The maximum atomic E-state index is 12.4. The number of aromatic nitrogens is 1. The number of pyridine rings is 1. The van der Waals surface area contributed by atoms with Gasteiger partial charge >= 0.3 is 0 Å². The number of likely N-dealkylation sites (N-methyl/N-ethyl adjacent to an activating group) is 1. The molecular formula is C13H16BrN3O2. The molecule has 1 fully saturated rings. The second kappa shape index (κ2) is 5.69. The van der Waals surface area contributed by atoms with Crippen molar-refractivity contribution in [1.29, 1.82) is 0 Å². The first-order valence-corrected chi connectivity index (χ1v) is 6.93. The molecule has 6 heteroatoms. The number of carbonyl (C=O) groups excluding carboxylic acids is 2. The van der Waals surface area contributed by atoms with E-state index in [2.05, 4.69) is 20.9 Å². The van der Waals surface area contributed by atoms with E-state index in [1.807, 2.05) is 0 Å². The van der Waals surface area contributed by atoms with Crippen molar-refractivity contribution in [2.45, 2.75) is 18.9 Å². The van der Waals surface area contributed by atoms with Gasteiger partial charge in [-0.1, -0.05) is 0 Å². The summed E-state index contributed by atoms with van der Waals surface area (Å²) in [5, 5.41) is 0. The Kier molecular flexibility index (Phi) is 4.19. The minimum absolute atomic E-state index is 0.0177. The standard InChI is InChI=1S/C13H16BrN3O2/c1-16(2)13(19)10-4-3-7-17(10)12(18)9-5-6-11(14)15-8-9/h5-6,8,10H,3-4,7H2,1-2H3. The molecule has 0 aliphatic carbocycles. The van der Waals surface area contributed by atoms with E-state index in [1.54, 1.807) is 31.1 Å². The highest BCUT2D eigenvalue weighted by Gasteiger charge is 2.35. The maximum Gasteiger partial charge on any atom is 0.256 e. The van der Waals surface area contributed by atoms with Gasteiger partial charge in [0.15, 0.2) is 0 Å². The van der Waals surface area contributed by atoms with Gasteiger partial charge in [-0.3, -0.25) is 9.59 Å². The largest absolute Gasteiger partial charge is 0.347 e. The molecule has 5 nitrogen and oxygen atoms in total. The van der Waals surface area contributed by atoms with Crippen molar-refractivity contribution in [1.82, 2.24) is 14.8 Å². The molecule has 2 heterocycles. The van der Waals surface area contributed by atoms with E-state index >= 15 is 0 Å². The average Bonchev–Trinajstić information content (AvgIpc) is 2.86. The van der Waals surface area contributed by atoms with Crippen LogP contribution in [-0.2, 0) is 4.79 Å². The van der Waals surface area contributed by atoms with Crippen molar-refractivity contribution in [2.75, 3.05) is 20.6 Å². The lowest BCUT2D eigenvalue weighted by molar-refractivity contribution is -0.132. The summed E-state index contributed by atoms with van der Waals surface area (Å²) in [4.78, 5) is 31.7. The van der Waals surface area contributed by atoms with Gasteiger partial charge in [0, 0.05) is 26.8 Å². The molecule has 0 N–H and O–H groups in total. The lowest BCUT2D eigenvalue weighted by atomic mass is 10.2. The summed E-state index contributed by atoms with van der Waals surface area (Å²) in [7, 11) is 3.43. The van der Waals surface area contributed by atoms with E-state index in [9.17, 15) is 9.59 Å². The molecule has 0 saturated carbocycles. The molecule has 0 radical (unpaired) electrons. The molecule has 2 rings (SSSR count). The first-order chi connectivity index (χ1) is 9.00. The van der Waals surface area contributed by atoms with E-state index in [0.29, 0.717) is 16.7 Å². The zero-order valence-electron chi connectivity index (χ0n) is 11.0. The van der Waals surface area contributed by atoms with Crippen LogP contribution >= 0.6 is 15.9 Å². The van der Waals surface area contributed by atoms with Crippen LogP contribution in [0.25, 0.3) is 0 Å². The van der Waals surface area contributed by atoms with Crippen LogP contribution < -0.4 is 0 Å². The number of amides is 2.